The number of hydrazine groups is 1. The molecule has 1 aliphatic rings. The first-order valence-corrected chi connectivity index (χ1v) is 7.26. The Kier molecular flexibility index (Phi) is 6.23. The van der Waals surface area contributed by atoms with E-state index in [0.717, 1.165) is 51.0 Å². The number of nitrogens with two attached hydrogens (primary N) is 1. The smallest absolute Gasteiger partial charge is 0.208 e. The fraction of sp³-hybridized carbons (Fsp3) is 0.571. The van der Waals surface area contributed by atoms with E-state index in [1.807, 2.05) is 24.4 Å². The van der Waals surface area contributed by atoms with Crippen molar-refractivity contribution >= 4 is 11.8 Å². The Hall–Kier alpha value is -1.86. The summed E-state index contributed by atoms with van der Waals surface area (Å²) >= 11 is 0. The molecule has 1 aromatic heterocycles. The molecule has 0 aromatic carbocycles. The third kappa shape index (κ3) is 4.57. The van der Waals surface area contributed by atoms with Crippen molar-refractivity contribution in [2.24, 2.45) is 10.8 Å². The number of methoxy groups -OCH3 is 1. The predicted molar refractivity (Wildman–Crippen MR) is 84.1 cm³/mol. The van der Waals surface area contributed by atoms with Crippen molar-refractivity contribution in [1.29, 1.82) is 0 Å². The van der Waals surface area contributed by atoms with Gasteiger partial charge in [0.2, 0.25) is 5.96 Å². The van der Waals surface area contributed by atoms with Crippen LogP contribution in [0.5, 0.6) is 0 Å². The van der Waals surface area contributed by atoms with Crippen LogP contribution in [0.2, 0.25) is 0 Å². The van der Waals surface area contributed by atoms with Gasteiger partial charge in [0.05, 0.1) is 0 Å². The third-order valence-corrected chi connectivity index (χ3v) is 3.45. The Morgan fingerprint density at radius 2 is 2.19 bits per heavy atom. The van der Waals surface area contributed by atoms with E-state index in [-0.39, 0.29) is 0 Å². The molecule has 2 rings (SSSR count). The summed E-state index contributed by atoms with van der Waals surface area (Å²) in [5.74, 6) is 7.37. The molecule has 0 saturated carbocycles. The molecule has 0 atom stereocenters. The largest absolute Gasteiger partial charge is 0.385 e. The average molecular weight is 292 g/mol. The Balaban J connectivity index is 1.84. The van der Waals surface area contributed by atoms with Crippen LogP contribution >= 0.6 is 0 Å². The van der Waals surface area contributed by atoms with Crippen molar-refractivity contribution in [2.45, 2.75) is 6.42 Å². The molecule has 0 spiro atoms. The highest BCUT2D eigenvalue weighted by molar-refractivity contribution is 5.79. The van der Waals surface area contributed by atoms with Gasteiger partial charge in [0, 0.05) is 52.6 Å². The fourth-order valence-corrected chi connectivity index (χ4v) is 2.32. The minimum absolute atomic E-state index is 0.716. The lowest BCUT2D eigenvalue weighted by molar-refractivity contribution is 0.197. The first kappa shape index (κ1) is 15.5. The number of guanidine groups is 1. The maximum absolute atomic E-state index is 5.58. The summed E-state index contributed by atoms with van der Waals surface area (Å²) < 4.78 is 5.02. The van der Waals surface area contributed by atoms with Crippen LogP contribution in [0.1, 0.15) is 6.42 Å². The van der Waals surface area contributed by atoms with E-state index < -0.39 is 0 Å². The highest BCUT2D eigenvalue weighted by Crippen LogP contribution is 2.12. The predicted octanol–water partition coefficient (Wildman–Crippen LogP) is 0.0594. The Labute approximate surface area is 125 Å². The second-order valence-electron chi connectivity index (χ2n) is 4.86. The molecule has 2 heterocycles. The second kappa shape index (κ2) is 8.43. The first-order chi connectivity index (χ1) is 10.3. The summed E-state index contributed by atoms with van der Waals surface area (Å²) in [4.78, 5) is 13.3. The lowest BCUT2D eigenvalue weighted by atomic mass is 10.3. The van der Waals surface area contributed by atoms with E-state index in [9.17, 15) is 0 Å². The zero-order chi connectivity index (χ0) is 14.9. The second-order valence-corrected chi connectivity index (χ2v) is 4.86. The lowest BCUT2D eigenvalue weighted by Crippen LogP contribution is -2.54. The van der Waals surface area contributed by atoms with Crippen LogP contribution in [-0.4, -0.2) is 62.3 Å². The number of hydrogen-bond acceptors (Lipinski definition) is 5. The number of rotatable bonds is 5. The first-order valence-electron chi connectivity index (χ1n) is 7.26. The quantitative estimate of drug-likeness (QED) is 0.263. The molecule has 0 bridgehead atoms. The minimum Gasteiger partial charge on any atom is -0.385 e. The number of nitrogens with one attached hydrogen (secondary N) is 1. The van der Waals surface area contributed by atoms with E-state index in [0.29, 0.717) is 6.54 Å². The Morgan fingerprint density at radius 3 is 2.81 bits per heavy atom. The van der Waals surface area contributed by atoms with Crippen LogP contribution in [0.3, 0.4) is 0 Å². The highest BCUT2D eigenvalue weighted by atomic mass is 16.5. The Morgan fingerprint density at radius 1 is 1.38 bits per heavy atom. The average Bonchev–Trinajstić information content (AvgIpc) is 2.56. The van der Waals surface area contributed by atoms with Gasteiger partial charge in [0.1, 0.15) is 5.82 Å². The molecule has 21 heavy (non-hydrogen) atoms. The number of nitrogens with zero attached hydrogens (tertiary/aromatic N) is 4. The summed E-state index contributed by atoms with van der Waals surface area (Å²) in [6, 6.07) is 5.98. The molecule has 0 amide bonds. The van der Waals surface area contributed by atoms with Gasteiger partial charge < -0.3 is 14.5 Å². The van der Waals surface area contributed by atoms with Crippen molar-refractivity contribution < 1.29 is 4.74 Å². The number of aliphatic imine (C=N–C) groups is 1. The molecule has 0 unspecified atom stereocenters. The molecular formula is C14H24N6O. The van der Waals surface area contributed by atoms with Crippen molar-refractivity contribution in [3.8, 4) is 0 Å². The van der Waals surface area contributed by atoms with E-state index in [1.54, 1.807) is 7.11 Å². The number of hydrogen-bond donors (Lipinski definition) is 2. The van der Waals surface area contributed by atoms with Crippen LogP contribution in [0.15, 0.2) is 29.4 Å². The zero-order valence-corrected chi connectivity index (χ0v) is 12.5. The normalized spacial score (nSPS) is 16.2. The van der Waals surface area contributed by atoms with E-state index in [4.69, 9.17) is 10.6 Å². The molecule has 1 saturated heterocycles. The summed E-state index contributed by atoms with van der Waals surface area (Å²) in [6.07, 6.45) is 2.72. The fourth-order valence-electron chi connectivity index (χ4n) is 2.32. The van der Waals surface area contributed by atoms with Crippen molar-refractivity contribution in [1.82, 2.24) is 15.3 Å². The van der Waals surface area contributed by atoms with Gasteiger partial charge >= 0.3 is 0 Å². The molecule has 7 nitrogen and oxygen atoms in total. The summed E-state index contributed by atoms with van der Waals surface area (Å²) in [7, 11) is 1.70. The summed E-state index contributed by atoms with van der Waals surface area (Å²) in [6.45, 7) is 5.02. The monoisotopic (exact) mass is 292 g/mol. The molecule has 0 aliphatic carbocycles. The topological polar surface area (TPSA) is 79.0 Å². The van der Waals surface area contributed by atoms with Crippen LogP contribution in [0, 0.1) is 0 Å². The van der Waals surface area contributed by atoms with E-state index in [1.165, 1.54) is 0 Å². The van der Waals surface area contributed by atoms with Crippen LogP contribution in [0.4, 0.5) is 5.82 Å². The van der Waals surface area contributed by atoms with E-state index >= 15 is 0 Å². The van der Waals surface area contributed by atoms with Gasteiger partial charge in [-0.15, -0.1) is 0 Å². The number of ether oxygens (including phenoxy) is 1. The number of piperazine rings is 1. The maximum Gasteiger partial charge on any atom is 0.208 e. The molecule has 1 aromatic rings. The van der Waals surface area contributed by atoms with Gasteiger partial charge in [-0.2, -0.15) is 0 Å². The Bertz CT molecular complexity index is 430. The SMILES string of the molecule is COCCCN=C(NN)N1CCN(c2ccccn2)CC1. The minimum atomic E-state index is 0.716. The maximum atomic E-state index is 5.58. The molecule has 1 fully saturated rings. The molecule has 3 N–H and O–H groups in total. The molecule has 7 heteroatoms. The van der Waals surface area contributed by atoms with Gasteiger partial charge in [0.15, 0.2) is 0 Å². The van der Waals surface area contributed by atoms with Gasteiger partial charge in [-0.25, -0.2) is 10.8 Å². The van der Waals surface area contributed by atoms with Crippen molar-refractivity contribution in [3.63, 3.8) is 0 Å². The van der Waals surface area contributed by atoms with Gasteiger partial charge in [0.25, 0.3) is 0 Å². The number of anilines is 1. The zero-order valence-electron chi connectivity index (χ0n) is 12.5. The van der Waals surface area contributed by atoms with E-state index in [2.05, 4.69) is 25.2 Å². The van der Waals surface area contributed by atoms with Crippen LogP contribution in [0.25, 0.3) is 0 Å². The molecule has 0 radical (unpaired) electrons. The number of aromatic nitrogens is 1. The molecular weight excluding hydrogens is 268 g/mol. The third-order valence-electron chi connectivity index (χ3n) is 3.45. The molecule has 1 aliphatic heterocycles. The van der Waals surface area contributed by atoms with Gasteiger partial charge in [-0.05, 0) is 18.6 Å². The summed E-state index contributed by atoms with van der Waals surface area (Å²) in [5.41, 5.74) is 2.70. The standard InChI is InChI=1S/C14H24N6O/c1-21-12-4-7-17-14(18-15)20-10-8-19(9-11-20)13-5-2-3-6-16-13/h2-3,5-6H,4,7-12,15H2,1H3,(H,17,18). The number of pyridine rings is 1. The molecule has 116 valence electrons. The summed E-state index contributed by atoms with van der Waals surface area (Å²) in [5, 5.41) is 0. The lowest BCUT2D eigenvalue weighted by Gasteiger charge is -2.36. The van der Waals surface area contributed by atoms with Crippen LogP contribution in [-0.2, 0) is 4.74 Å². The highest BCUT2D eigenvalue weighted by Gasteiger charge is 2.19. The van der Waals surface area contributed by atoms with Crippen molar-refractivity contribution in [3.05, 3.63) is 24.4 Å². The van der Waals surface area contributed by atoms with Crippen molar-refractivity contribution in [2.75, 3.05) is 51.3 Å². The van der Waals surface area contributed by atoms with Gasteiger partial charge in [-0.3, -0.25) is 10.4 Å². The van der Waals surface area contributed by atoms with Gasteiger partial charge in [-0.1, -0.05) is 6.07 Å². The van der Waals surface area contributed by atoms with Crippen LogP contribution < -0.4 is 16.2 Å².